The number of carbonyl (C=O) groups is 1. The van der Waals surface area contributed by atoms with E-state index in [0.717, 1.165) is 11.3 Å². The Morgan fingerprint density at radius 2 is 1.95 bits per heavy atom. The van der Waals surface area contributed by atoms with Gasteiger partial charge in [0.2, 0.25) is 0 Å². The van der Waals surface area contributed by atoms with Gasteiger partial charge in [0, 0.05) is 12.7 Å². The molecule has 5 nitrogen and oxygen atoms in total. The summed E-state index contributed by atoms with van der Waals surface area (Å²) in [6.07, 6.45) is 4.86. The van der Waals surface area contributed by atoms with Crippen molar-refractivity contribution in [3.8, 4) is 11.5 Å². The van der Waals surface area contributed by atoms with Crippen molar-refractivity contribution in [2.24, 2.45) is 7.05 Å². The van der Waals surface area contributed by atoms with Crippen LogP contribution in [0.1, 0.15) is 21.6 Å². The summed E-state index contributed by atoms with van der Waals surface area (Å²) in [6.45, 7) is 1.87. The van der Waals surface area contributed by atoms with Gasteiger partial charge < -0.3 is 9.47 Å². The second-order valence-corrected chi connectivity index (χ2v) is 4.58. The summed E-state index contributed by atoms with van der Waals surface area (Å²) in [4.78, 5) is 12.1. The molecule has 0 radical (unpaired) electrons. The van der Waals surface area contributed by atoms with Gasteiger partial charge in [-0.2, -0.15) is 5.10 Å². The molecule has 1 aromatic heterocycles. The van der Waals surface area contributed by atoms with Gasteiger partial charge in [0.05, 0.1) is 26.0 Å². The lowest BCUT2D eigenvalue weighted by atomic mass is 10.1. The molecule has 0 atom stereocenters. The highest BCUT2D eigenvalue weighted by Crippen LogP contribution is 2.28. The largest absolute Gasteiger partial charge is 0.493 e. The van der Waals surface area contributed by atoms with Crippen LogP contribution >= 0.6 is 0 Å². The maximum absolute atomic E-state index is 12.1. The number of aryl methyl sites for hydroxylation is 1. The van der Waals surface area contributed by atoms with E-state index in [4.69, 9.17) is 9.47 Å². The van der Waals surface area contributed by atoms with E-state index < -0.39 is 0 Å². The Balaban J connectivity index is 2.21. The lowest BCUT2D eigenvalue weighted by molar-refractivity contribution is 0.104. The van der Waals surface area contributed by atoms with Crippen molar-refractivity contribution in [2.45, 2.75) is 6.92 Å². The van der Waals surface area contributed by atoms with Crippen molar-refractivity contribution in [3.63, 3.8) is 0 Å². The van der Waals surface area contributed by atoms with Crippen LogP contribution in [0.25, 0.3) is 6.08 Å². The molecule has 0 bridgehead atoms. The normalized spacial score (nSPS) is 10.9. The Morgan fingerprint density at radius 1 is 1.24 bits per heavy atom. The van der Waals surface area contributed by atoms with Crippen LogP contribution in [0, 0.1) is 6.92 Å². The highest BCUT2D eigenvalue weighted by atomic mass is 16.5. The van der Waals surface area contributed by atoms with Crippen LogP contribution in [0.4, 0.5) is 0 Å². The molecule has 110 valence electrons. The highest BCUT2D eigenvalue weighted by molar-refractivity contribution is 6.07. The SMILES string of the molecule is COc1ccc(/C=C/C(=O)c2cnn(C)c2C)cc1OC. The number of nitrogens with zero attached hydrogens (tertiary/aromatic N) is 2. The maximum atomic E-state index is 12.1. The van der Waals surface area contributed by atoms with Crippen LogP contribution in [-0.2, 0) is 7.05 Å². The Bertz CT molecular complexity index is 687. The van der Waals surface area contributed by atoms with Crippen molar-refractivity contribution < 1.29 is 14.3 Å². The summed E-state index contributed by atoms with van der Waals surface area (Å²) in [6, 6.07) is 5.48. The molecule has 0 aliphatic carbocycles. The molecule has 0 aliphatic rings. The smallest absolute Gasteiger partial charge is 0.189 e. The minimum atomic E-state index is -0.0737. The predicted molar refractivity (Wildman–Crippen MR) is 80.9 cm³/mol. The minimum absolute atomic E-state index is 0.0737. The Morgan fingerprint density at radius 3 is 2.52 bits per heavy atom. The molecule has 0 aliphatic heterocycles. The fraction of sp³-hybridized carbons (Fsp3) is 0.250. The average molecular weight is 286 g/mol. The second kappa shape index (κ2) is 6.26. The second-order valence-electron chi connectivity index (χ2n) is 4.58. The van der Waals surface area contributed by atoms with E-state index in [1.165, 1.54) is 6.08 Å². The van der Waals surface area contributed by atoms with E-state index in [2.05, 4.69) is 5.10 Å². The molecule has 2 aromatic rings. The molecule has 0 N–H and O–H groups in total. The number of benzene rings is 1. The van der Waals surface area contributed by atoms with Gasteiger partial charge in [-0.25, -0.2) is 0 Å². The zero-order valence-electron chi connectivity index (χ0n) is 12.6. The quantitative estimate of drug-likeness (QED) is 0.626. The third-order valence-corrected chi connectivity index (χ3v) is 3.34. The van der Waals surface area contributed by atoms with Gasteiger partial charge in [-0.3, -0.25) is 9.48 Å². The van der Waals surface area contributed by atoms with Crippen molar-refractivity contribution in [1.82, 2.24) is 9.78 Å². The number of hydrogen-bond acceptors (Lipinski definition) is 4. The van der Waals surface area contributed by atoms with Crippen LogP contribution in [0.3, 0.4) is 0 Å². The summed E-state index contributed by atoms with van der Waals surface area (Å²) in [5, 5.41) is 4.07. The number of ketones is 1. The Kier molecular flexibility index (Phi) is 4.42. The van der Waals surface area contributed by atoms with Crippen molar-refractivity contribution >= 4 is 11.9 Å². The first-order valence-corrected chi connectivity index (χ1v) is 6.50. The summed E-state index contributed by atoms with van der Waals surface area (Å²) in [5.74, 6) is 1.21. The summed E-state index contributed by atoms with van der Waals surface area (Å²) >= 11 is 0. The third-order valence-electron chi connectivity index (χ3n) is 3.34. The monoisotopic (exact) mass is 286 g/mol. The fourth-order valence-electron chi connectivity index (χ4n) is 1.96. The molecule has 0 saturated heterocycles. The van der Waals surface area contributed by atoms with Crippen LogP contribution in [0.5, 0.6) is 11.5 Å². The Labute approximate surface area is 123 Å². The Hall–Kier alpha value is -2.56. The lowest BCUT2D eigenvalue weighted by Gasteiger charge is -2.07. The number of carbonyl (C=O) groups excluding carboxylic acids is 1. The van der Waals surface area contributed by atoms with Crippen LogP contribution in [-0.4, -0.2) is 29.8 Å². The zero-order chi connectivity index (χ0) is 15.4. The molecule has 0 amide bonds. The molecule has 2 rings (SSSR count). The first-order chi connectivity index (χ1) is 10.1. The number of ether oxygens (including phenoxy) is 2. The first-order valence-electron chi connectivity index (χ1n) is 6.50. The first kappa shape index (κ1) is 14.8. The third kappa shape index (κ3) is 3.13. The molecule has 1 heterocycles. The van der Waals surface area contributed by atoms with Gasteiger partial charge in [-0.15, -0.1) is 0 Å². The lowest BCUT2D eigenvalue weighted by Crippen LogP contribution is -1.98. The van der Waals surface area contributed by atoms with Crippen LogP contribution in [0.15, 0.2) is 30.5 Å². The number of allylic oxidation sites excluding steroid dienone is 1. The van der Waals surface area contributed by atoms with Gasteiger partial charge in [0.15, 0.2) is 17.3 Å². The van der Waals surface area contributed by atoms with Crippen molar-refractivity contribution in [1.29, 1.82) is 0 Å². The average Bonchev–Trinajstić information content (AvgIpc) is 2.84. The number of hydrogen-bond donors (Lipinski definition) is 0. The molecular formula is C16H18N2O3. The van der Waals surface area contributed by atoms with E-state index in [-0.39, 0.29) is 5.78 Å². The number of aromatic nitrogens is 2. The van der Waals surface area contributed by atoms with E-state index >= 15 is 0 Å². The molecule has 0 spiro atoms. The molecule has 5 heteroatoms. The van der Waals surface area contributed by atoms with Crippen molar-refractivity contribution in [3.05, 3.63) is 47.3 Å². The molecule has 0 saturated carbocycles. The summed E-state index contributed by atoms with van der Waals surface area (Å²) < 4.78 is 12.1. The number of rotatable bonds is 5. The predicted octanol–water partition coefficient (Wildman–Crippen LogP) is 2.64. The molecule has 0 fully saturated rings. The molecule has 21 heavy (non-hydrogen) atoms. The zero-order valence-corrected chi connectivity index (χ0v) is 12.6. The minimum Gasteiger partial charge on any atom is -0.493 e. The highest BCUT2D eigenvalue weighted by Gasteiger charge is 2.10. The maximum Gasteiger partial charge on any atom is 0.189 e. The van der Waals surface area contributed by atoms with Gasteiger partial charge in [-0.1, -0.05) is 12.1 Å². The van der Waals surface area contributed by atoms with E-state index in [9.17, 15) is 4.79 Å². The van der Waals surface area contributed by atoms with E-state index in [0.29, 0.717) is 17.1 Å². The molecular weight excluding hydrogens is 268 g/mol. The fourth-order valence-corrected chi connectivity index (χ4v) is 1.96. The van der Waals surface area contributed by atoms with E-state index in [1.54, 1.807) is 37.2 Å². The molecule has 1 aromatic carbocycles. The summed E-state index contributed by atoms with van der Waals surface area (Å²) in [5.41, 5.74) is 2.31. The topological polar surface area (TPSA) is 53.3 Å². The standard InChI is InChI=1S/C16H18N2O3/c1-11-13(10-17-18(11)2)14(19)7-5-12-6-8-15(20-3)16(9-12)21-4/h5-10H,1-4H3/b7-5+. The van der Waals surface area contributed by atoms with Gasteiger partial charge in [0.1, 0.15) is 0 Å². The van der Waals surface area contributed by atoms with Crippen LogP contribution in [0.2, 0.25) is 0 Å². The summed E-state index contributed by atoms with van der Waals surface area (Å²) in [7, 11) is 4.97. The van der Waals surface area contributed by atoms with Gasteiger partial charge in [-0.05, 0) is 30.7 Å². The number of methoxy groups -OCH3 is 2. The van der Waals surface area contributed by atoms with E-state index in [1.807, 2.05) is 26.1 Å². The van der Waals surface area contributed by atoms with Crippen LogP contribution < -0.4 is 9.47 Å². The molecule has 0 unspecified atom stereocenters. The van der Waals surface area contributed by atoms with Gasteiger partial charge in [0.25, 0.3) is 0 Å². The van der Waals surface area contributed by atoms with Crippen molar-refractivity contribution in [2.75, 3.05) is 14.2 Å². The van der Waals surface area contributed by atoms with Gasteiger partial charge >= 0.3 is 0 Å².